The van der Waals surface area contributed by atoms with Gasteiger partial charge in [0.15, 0.2) is 12.0 Å². The van der Waals surface area contributed by atoms with Gasteiger partial charge >= 0.3 is 29.9 Å². The van der Waals surface area contributed by atoms with Gasteiger partial charge in [-0.05, 0) is 43.2 Å². The maximum atomic E-state index is 14.2. The summed E-state index contributed by atoms with van der Waals surface area (Å²) in [6.07, 6.45) is -2.32. The number of amides is 5. The monoisotopic (exact) mass is 1130 g/mol. The van der Waals surface area contributed by atoms with Crippen LogP contribution >= 0.6 is 0 Å². The van der Waals surface area contributed by atoms with Crippen LogP contribution < -0.4 is 26.6 Å². The summed E-state index contributed by atoms with van der Waals surface area (Å²) < 4.78 is 9.62. The van der Waals surface area contributed by atoms with E-state index in [4.69, 9.17) is 9.84 Å². The lowest BCUT2D eigenvalue weighted by atomic mass is 9.91. The highest BCUT2D eigenvalue weighted by atomic mass is 16.5. The Kier molecular flexibility index (Phi) is 31.4. The van der Waals surface area contributed by atoms with E-state index in [1.807, 2.05) is 35.2 Å². The van der Waals surface area contributed by atoms with Crippen molar-refractivity contribution in [3.8, 4) is 0 Å². The van der Waals surface area contributed by atoms with Crippen LogP contribution in [-0.2, 0) is 75.1 Å². The molecule has 0 bridgehead atoms. The summed E-state index contributed by atoms with van der Waals surface area (Å²) in [5.74, 6) is -7.75. The zero-order valence-corrected chi connectivity index (χ0v) is 44.7. The number of rotatable bonds is 37. The Bertz CT molecular complexity index is 2330. The lowest BCUT2D eigenvalue weighted by Crippen LogP contribution is -2.50. The number of benzene rings is 2. The Morgan fingerprint density at radius 2 is 1.06 bits per heavy atom. The van der Waals surface area contributed by atoms with Crippen LogP contribution in [0, 0.1) is 5.92 Å². The molecule has 0 radical (unpaired) electrons. The molecule has 1 heterocycles. The summed E-state index contributed by atoms with van der Waals surface area (Å²) in [6.45, 7) is 2.07. The van der Waals surface area contributed by atoms with E-state index in [1.54, 1.807) is 45.0 Å². The van der Waals surface area contributed by atoms with Gasteiger partial charge in [-0.2, -0.15) is 0 Å². The molecular formula is C53H75N9O18. The van der Waals surface area contributed by atoms with Gasteiger partial charge in [-0.3, -0.25) is 67.5 Å². The number of carbonyl (C=O) groups excluding carboxylic acids is 8. The molecule has 1 saturated heterocycles. The summed E-state index contributed by atoms with van der Waals surface area (Å²) in [6, 6.07) is 14.4. The Morgan fingerprint density at radius 1 is 0.537 bits per heavy atom. The Labute approximate surface area is 463 Å². The van der Waals surface area contributed by atoms with Crippen molar-refractivity contribution in [1.29, 1.82) is 0 Å². The van der Waals surface area contributed by atoms with Crippen molar-refractivity contribution >= 4 is 72.1 Å². The highest BCUT2D eigenvalue weighted by Crippen LogP contribution is 2.17. The van der Waals surface area contributed by atoms with E-state index in [9.17, 15) is 72.9 Å². The summed E-state index contributed by atoms with van der Waals surface area (Å²) in [5, 5.41) is 50.1. The molecule has 1 aliphatic rings. The molecule has 1 fully saturated rings. The first-order valence-corrected chi connectivity index (χ1v) is 26.3. The number of ketones is 2. The fourth-order valence-electron chi connectivity index (χ4n) is 8.52. The predicted octanol–water partition coefficient (Wildman–Crippen LogP) is -0.688. The molecule has 27 heteroatoms. The second-order valence-corrected chi connectivity index (χ2v) is 19.1. The minimum Gasteiger partial charge on any atom is -0.481 e. The smallest absolute Gasteiger partial charge is 0.326 e. The summed E-state index contributed by atoms with van der Waals surface area (Å²) in [5.41, 5.74) is 1.54. The van der Waals surface area contributed by atoms with Crippen LogP contribution in [0.3, 0.4) is 0 Å². The SMILES string of the molecule is O=COCN1CCN(CC(=O)O)CCN(CC(=O)O)CCN(CC(=O)NCCCC(=O)[C@H](Cc2ccccc2)NC(=O)[C@@H](CC(=O)CCCNC(=O)CC[C@H](NC(=O)N[C@@H](CCC(=O)O)OC=O)C(=O)O)Cc2ccccc2)CC1. The lowest BCUT2D eigenvalue weighted by molar-refractivity contribution is -0.141. The summed E-state index contributed by atoms with van der Waals surface area (Å²) >= 11 is 0. The number of carbonyl (C=O) groups is 12. The van der Waals surface area contributed by atoms with Gasteiger partial charge < -0.3 is 56.5 Å². The van der Waals surface area contributed by atoms with Crippen LogP contribution in [0.25, 0.3) is 0 Å². The van der Waals surface area contributed by atoms with E-state index < -0.39 is 72.4 Å². The predicted molar refractivity (Wildman–Crippen MR) is 283 cm³/mol. The average Bonchev–Trinajstić information content (AvgIpc) is 3.42. The van der Waals surface area contributed by atoms with E-state index in [1.165, 1.54) is 0 Å². The van der Waals surface area contributed by atoms with E-state index in [0.29, 0.717) is 32.7 Å². The highest BCUT2D eigenvalue weighted by molar-refractivity contribution is 5.92. The van der Waals surface area contributed by atoms with Crippen LogP contribution in [0.2, 0.25) is 0 Å². The first kappa shape index (κ1) is 66.4. The lowest BCUT2D eigenvalue weighted by Gasteiger charge is -2.32. The molecule has 2 aromatic rings. The number of urea groups is 1. The van der Waals surface area contributed by atoms with Gasteiger partial charge in [0.05, 0.1) is 32.1 Å². The fraction of sp³-hybridized carbons (Fsp3) is 0.547. The average molecular weight is 1130 g/mol. The molecular weight excluding hydrogens is 1050 g/mol. The van der Waals surface area contributed by atoms with Crippen LogP contribution in [-0.4, -0.2) is 222 Å². The molecule has 0 aliphatic carbocycles. The van der Waals surface area contributed by atoms with Crippen LogP contribution in [0.1, 0.15) is 68.9 Å². The zero-order chi connectivity index (χ0) is 58.7. The van der Waals surface area contributed by atoms with Crippen molar-refractivity contribution in [1.82, 2.24) is 46.2 Å². The number of nitrogens with zero attached hydrogens (tertiary/aromatic N) is 4. The number of carboxylic acid groups (broad SMARTS) is 4. The van der Waals surface area contributed by atoms with Crippen molar-refractivity contribution in [3.05, 3.63) is 71.8 Å². The number of nitrogens with one attached hydrogen (secondary N) is 5. The van der Waals surface area contributed by atoms with Gasteiger partial charge in [0.25, 0.3) is 12.9 Å². The van der Waals surface area contributed by atoms with E-state index in [-0.39, 0.29) is 154 Å². The topological polar surface area (TPSA) is 377 Å². The van der Waals surface area contributed by atoms with Crippen LogP contribution in [0.4, 0.5) is 4.79 Å². The molecule has 27 nitrogen and oxygen atoms in total. The number of carboxylic acids is 4. The zero-order valence-electron chi connectivity index (χ0n) is 44.7. The quantitative estimate of drug-likeness (QED) is 0.0230. The maximum Gasteiger partial charge on any atom is 0.326 e. The molecule has 2 aromatic carbocycles. The number of Topliss-reactive ketones (excluding diaryl/α,β-unsaturated/α-hetero) is 2. The fourth-order valence-corrected chi connectivity index (χ4v) is 8.52. The Morgan fingerprint density at radius 3 is 1.59 bits per heavy atom. The van der Waals surface area contributed by atoms with Crippen molar-refractivity contribution in [2.45, 2.75) is 88.9 Å². The van der Waals surface area contributed by atoms with E-state index in [2.05, 4.69) is 31.3 Å². The molecule has 4 atom stereocenters. The second kappa shape index (κ2) is 37.8. The third-order valence-electron chi connectivity index (χ3n) is 12.8. The molecule has 0 saturated carbocycles. The summed E-state index contributed by atoms with van der Waals surface area (Å²) in [7, 11) is 0. The van der Waals surface area contributed by atoms with Crippen molar-refractivity contribution in [3.63, 3.8) is 0 Å². The molecule has 9 N–H and O–H groups in total. The Hall–Kier alpha value is -7.88. The van der Waals surface area contributed by atoms with Gasteiger partial charge in [-0.15, -0.1) is 0 Å². The molecule has 1 aliphatic heterocycles. The number of ether oxygens (including phenoxy) is 2. The minimum absolute atomic E-state index is 0.00516. The normalized spacial score (nSPS) is 15.3. The Balaban J connectivity index is 1.59. The first-order valence-electron chi connectivity index (χ1n) is 26.3. The van der Waals surface area contributed by atoms with Gasteiger partial charge in [0.2, 0.25) is 17.7 Å². The second-order valence-electron chi connectivity index (χ2n) is 19.1. The molecule has 0 spiro atoms. The molecule has 80 heavy (non-hydrogen) atoms. The van der Waals surface area contributed by atoms with Crippen LogP contribution in [0.15, 0.2) is 60.7 Å². The first-order chi connectivity index (χ1) is 38.3. The van der Waals surface area contributed by atoms with E-state index >= 15 is 0 Å². The van der Waals surface area contributed by atoms with Gasteiger partial charge in [0, 0.05) is 103 Å². The highest BCUT2D eigenvalue weighted by Gasteiger charge is 2.29. The number of hydrogen-bond donors (Lipinski definition) is 9. The van der Waals surface area contributed by atoms with Gasteiger partial charge in [-0.1, -0.05) is 60.7 Å². The van der Waals surface area contributed by atoms with Crippen molar-refractivity contribution in [2.75, 3.05) is 91.8 Å². The number of aliphatic carboxylic acids is 4. The minimum atomic E-state index is -1.54. The third kappa shape index (κ3) is 29.2. The van der Waals surface area contributed by atoms with E-state index in [0.717, 1.165) is 11.1 Å². The van der Waals surface area contributed by atoms with Gasteiger partial charge in [0.1, 0.15) is 18.6 Å². The third-order valence-corrected chi connectivity index (χ3v) is 12.8. The molecule has 0 aromatic heterocycles. The number of hydrogen-bond acceptors (Lipinski definition) is 18. The maximum absolute atomic E-state index is 14.2. The summed E-state index contributed by atoms with van der Waals surface area (Å²) in [4.78, 5) is 155. The molecule has 0 unspecified atom stereocenters. The van der Waals surface area contributed by atoms with Crippen molar-refractivity contribution in [2.24, 2.45) is 5.92 Å². The van der Waals surface area contributed by atoms with Crippen molar-refractivity contribution < 1.29 is 87.4 Å². The molecule has 5 amide bonds. The molecule has 3 rings (SSSR count). The standard InChI is InChI=1S/C53H75N9O18/c63-36-79-35-62-27-25-59(21-22-60(33-49(71)72)23-24-61(26-28-62)34-50(73)74)32-46(68)55-20-8-14-44(66)43(30-39-11-5-2-6-12-39)56-51(75)40(29-38-9-3-1-4-10-38)31-41(65)13-7-19-54-45(67)16-15-42(52(76)77)57-53(78)58-47(80-37-64)17-18-48(69)70/h1-6,9-12,36-37,40,42-43,47H,7-8,13-35H2,(H,54,67)(H,55,68)(H,56,75)(H,69,70)(H,71,72)(H,73,74)(H,76,77)(H2,57,58,78)/t40-,42+,43+,47-/m1/s1. The molecule has 440 valence electrons. The largest absolute Gasteiger partial charge is 0.481 e. The van der Waals surface area contributed by atoms with Crippen LogP contribution in [0.5, 0.6) is 0 Å². The van der Waals surface area contributed by atoms with Gasteiger partial charge in [-0.25, -0.2) is 9.59 Å².